The van der Waals surface area contributed by atoms with Crippen LogP contribution in [0.1, 0.15) is 68.9 Å². The summed E-state index contributed by atoms with van der Waals surface area (Å²) in [7, 11) is 2.85. The Bertz CT molecular complexity index is 991. The SMILES string of the molecule is CCC(CC)[C@H](c1ccc(F)cc1OC)[C@H](C)OC(=O)[C@H](C)CC(=O)c1nccc(OC)c1O. The Balaban J connectivity index is 2.21. The van der Waals surface area contributed by atoms with E-state index in [1.807, 2.05) is 0 Å². The molecule has 0 bridgehead atoms. The fraction of sp³-hybridized carbons (Fsp3) is 0.500. The average molecular weight is 476 g/mol. The molecule has 7 nitrogen and oxygen atoms in total. The Morgan fingerprint density at radius 3 is 2.29 bits per heavy atom. The zero-order chi connectivity index (χ0) is 25.4. The van der Waals surface area contributed by atoms with Crippen LogP contribution >= 0.6 is 0 Å². The number of hydrogen-bond acceptors (Lipinski definition) is 7. The van der Waals surface area contributed by atoms with Crippen LogP contribution in [0, 0.1) is 17.7 Å². The molecule has 0 aliphatic rings. The van der Waals surface area contributed by atoms with Gasteiger partial charge in [-0.05, 0) is 18.9 Å². The van der Waals surface area contributed by atoms with E-state index in [4.69, 9.17) is 14.2 Å². The first-order chi connectivity index (χ1) is 16.2. The number of halogens is 1. The largest absolute Gasteiger partial charge is 0.503 e. The first-order valence-corrected chi connectivity index (χ1v) is 11.5. The van der Waals surface area contributed by atoms with Crippen LogP contribution in [0.4, 0.5) is 4.39 Å². The lowest BCUT2D eigenvalue weighted by atomic mass is 9.79. The molecule has 34 heavy (non-hydrogen) atoms. The molecule has 0 fully saturated rings. The minimum Gasteiger partial charge on any atom is -0.503 e. The number of aromatic nitrogens is 1. The van der Waals surface area contributed by atoms with E-state index in [1.54, 1.807) is 19.9 Å². The topological polar surface area (TPSA) is 95.0 Å². The molecule has 1 aromatic heterocycles. The summed E-state index contributed by atoms with van der Waals surface area (Å²) in [4.78, 5) is 29.5. The van der Waals surface area contributed by atoms with Crippen molar-refractivity contribution in [2.24, 2.45) is 11.8 Å². The summed E-state index contributed by atoms with van der Waals surface area (Å²) >= 11 is 0. The maximum Gasteiger partial charge on any atom is 0.309 e. The first-order valence-electron chi connectivity index (χ1n) is 11.5. The van der Waals surface area contributed by atoms with Crippen molar-refractivity contribution in [2.75, 3.05) is 14.2 Å². The minimum absolute atomic E-state index is 0.128. The van der Waals surface area contributed by atoms with E-state index in [-0.39, 0.29) is 35.4 Å². The van der Waals surface area contributed by atoms with Crippen LogP contribution in [0.25, 0.3) is 0 Å². The number of carbonyl (C=O) groups is 2. The Hall–Kier alpha value is -3.16. The summed E-state index contributed by atoms with van der Waals surface area (Å²) in [5.74, 6) is -2.09. The van der Waals surface area contributed by atoms with Gasteiger partial charge in [-0.15, -0.1) is 0 Å². The predicted octanol–water partition coefficient (Wildman–Crippen LogP) is 5.30. The first kappa shape index (κ1) is 27.1. The smallest absolute Gasteiger partial charge is 0.309 e. The molecule has 1 heterocycles. The molecule has 1 N–H and O–H groups in total. The average Bonchev–Trinajstić information content (AvgIpc) is 2.82. The Kier molecular flexibility index (Phi) is 9.83. The maximum absolute atomic E-state index is 13.8. The summed E-state index contributed by atoms with van der Waals surface area (Å²) in [6.45, 7) is 7.50. The van der Waals surface area contributed by atoms with Gasteiger partial charge in [-0.2, -0.15) is 0 Å². The maximum atomic E-state index is 13.8. The molecule has 186 valence electrons. The second kappa shape index (κ2) is 12.3. The molecule has 2 rings (SSSR count). The number of ether oxygens (including phenoxy) is 3. The molecule has 3 atom stereocenters. The number of benzene rings is 1. The molecule has 0 spiro atoms. The number of esters is 1. The molecule has 0 saturated heterocycles. The number of Topliss-reactive ketones (excluding diaryl/α,β-unsaturated/α-hetero) is 1. The Morgan fingerprint density at radius 1 is 1.06 bits per heavy atom. The van der Waals surface area contributed by atoms with E-state index in [2.05, 4.69) is 18.8 Å². The Labute approximate surface area is 200 Å². The second-order valence-electron chi connectivity index (χ2n) is 8.37. The Morgan fingerprint density at radius 2 is 1.71 bits per heavy atom. The summed E-state index contributed by atoms with van der Waals surface area (Å²) < 4.78 is 30.0. The molecule has 0 amide bonds. The number of nitrogens with zero attached hydrogens (tertiary/aromatic N) is 1. The summed E-state index contributed by atoms with van der Waals surface area (Å²) in [6.07, 6.45) is 2.29. The van der Waals surface area contributed by atoms with Crippen molar-refractivity contribution in [3.63, 3.8) is 0 Å². The van der Waals surface area contributed by atoms with Crippen LogP contribution in [0.15, 0.2) is 30.5 Å². The molecule has 1 aromatic carbocycles. The summed E-state index contributed by atoms with van der Waals surface area (Å²) in [5, 5.41) is 10.2. The van der Waals surface area contributed by atoms with Crippen molar-refractivity contribution in [1.82, 2.24) is 4.98 Å². The predicted molar refractivity (Wildman–Crippen MR) is 126 cm³/mol. The number of aromatic hydroxyl groups is 1. The van der Waals surface area contributed by atoms with E-state index in [9.17, 15) is 19.1 Å². The third kappa shape index (κ3) is 6.24. The highest BCUT2D eigenvalue weighted by atomic mass is 19.1. The van der Waals surface area contributed by atoms with Gasteiger partial charge in [0, 0.05) is 36.2 Å². The lowest BCUT2D eigenvalue weighted by molar-refractivity contribution is -0.154. The van der Waals surface area contributed by atoms with Gasteiger partial charge in [0.2, 0.25) is 0 Å². The molecule has 0 unspecified atom stereocenters. The van der Waals surface area contributed by atoms with E-state index < -0.39 is 29.6 Å². The molecule has 0 saturated carbocycles. The zero-order valence-corrected chi connectivity index (χ0v) is 20.6. The number of rotatable bonds is 12. The lowest BCUT2D eigenvalue weighted by Gasteiger charge is -2.32. The van der Waals surface area contributed by atoms with Crippen molar-refractivity contribution in [3.05, 3.63) is 47.5 Å². The van der Waals surface area contributed by atoms with Crippen LogP contribution in [0.2, 0.25) is 0 Å². The normalized spacial score (nSPS) is 13.8. The van der Waals surface area contributed by atoms with Crippen LogP contribution in [0.3, 0.4) is 0 Å². The number of pyridine rings is 1. The van der Waals surface area contributed by atoms with Gasteiger partial charge in [-0.25, -0.2) is 9.37 Å². The van der Waals surface area contributed by atoms with Gasteiger partial charge in [-0.1, -0.05) is 39.7 Å². The van der Waals surface area contributed by atoms with E-state index in [0.717, 1.165) is 18.4 Å². The van der Waals surface area contributed by atoms with Gasteiger partial charge < -0.3 is 19.3 Å². The van der Waals surface area contributed by atoms with E-state index in [0.29, 0.717) is 5.75 Å². The van der Waals surface area contributed by atoms with Crippen LogP contribution in [0.5, 0.6) is 17.2 Å². The quantitative estimate of drug-likeness (QED) is 0.329. The molecule has 2 aromatic rings. The fourth-order valence-corrected chi connectivity index (χ4v) is 4.28. The van der Waals surface area contributed by atoms with Gasteiger partial charge in [-0.3, -0.25) is 9.59 Å². The van der Waals surface area contributed by atoms with Crippen LogP contribution in [-0.2, 0) is 9.53 Å². The van der Waals surface area contributed by atoms with Crippen molar-refractivity contribution in [3.8, 4) is 17.2 Å². The van der Waals surface area contributed by atoms with Crippen molar-refractivity contribution < 1.29 is 33.3 Å². The fourth-order valence-electron chi connectivity index (χ4n) is 4.28. The third-order valence-corrected chi connectivity index (χ3v) is 6.18. The van der Waals surface area contributed by atoms with Crippen molar-refractivity contribution >= 4 is 11.8 Å². The highest BCUT2D eigenvalue weighted by Crippen LogP contribution is 2.39. The van der Waals surface area contributed by atoms with Gasteiger partial charge in [0.05, 0.1) is 20.1 Å². The van der Waals surface area contributed by atoms with Crippen molar-refractivity contribution in [2.45, 2.75) is 59.0 Å². The molecule has 0 aliphatic carbocycles. The van der Waals surface area contributed by atoms with Gasteiger partial charge >= 0.3 is 5.97 Å². The monoisotopic (exact) mass is 475 g/mol. The zero-order valence-electron chi connectivity index (χ0n) is 20.6. The minimum atomic E-state index is -0.764. The number of hydrogen-bond donors (Lipinski definition) is 1. The standard InChI is InChI=1S/C26H34FNO6/c1-7-17(8-2)23(19-10-9-18(27)14-22(19)33-6)16(4)34-26(31)15(3)13-20(29)24-25(30)21(32-5)11-12-28-24/h9-12,14-17,23,30H,7-8,13H2,1-6H3/t15-,16+,23-/m1/s1. The van der Waals surface area contributed by atoms with E-state index in [1.165, 1.54) is 38.6 Å². The van der Waals surface area contributed by atoms with Gasteiger partial charge in [0.25, 0.3) is 0 Å². The van der Waals surface area contributed by atoms with E-state index >= 15 is 0 Å². The molecular formula is C26H34FNO6. The molecule has 0 aliphatic heterocycles. The second-order valence-corrected chi connectivity index (χ2v) is 8.37. The highest BCUT2D eigenvalue weighted by molar-refractivity contribution is 5.99. The highest BCUT2D eigenvalue weighted by Gasteiger charge is 2.33. The molecular weight excluding hydrogens is 441 g/mol. The number of methoxy groups -OCH3 is 2. The lowest BCUT2D eigenvalue weighted by Crippen LogP contribution is -2.31. The number of carbonyl (C=O) groups excluding carboxylic acids is 2. The summed E-state index contributed by atoms with van der Waals surface area (Å²) in [5.41, 5.74) is 0.616. The van der Waals surface area contributed by atoms with Crippen LogP contribution < -0.4 is 9.47 Å². The summed E-state index contributed by atoms with van der Waals surface area (Å²) in [6, 6.07) is 5.81. The third-order valence-electron chi connectivity index (χ3n) is 6.18. The molecule has 0 radical (unpaired) electrons. The number of ketones is 1. The molecule has 8 heteroatoms. The van der Waals surface area contributed by atoms with Crippen molar-refractivity contribution in [1.29, 1.82) is 0 Å². The van der Waals surface area contributed by atoms with Crippen LogP contribution in [-0.4, -0.2) is 42.2 Å². The van der Waals surface area contributed by atoms with Gasteiger partial charge in [0.1, 0.15) is 17.7 Å². The van der Waals surface area contributed by atoms with Gasteiger partial charge in [0.15, 0.2) is 23.0 Å².